The molecule has 1 aliphatic rings. The summed E-state index contributed by atoms with van der Waals surface area (Å²) in [7, 11) is 0. The van der Waals surface area contributed by atoms with Crippen molar-refractivity contribution in [1.82, 2.24) is 0 Å². The number of fused-ring (bicyclic) bond motifs is 1. The van der Waals surface area contributed by atoms with E-state index in [2.05, 4.69) is 11.4 Å². The number of anilines is 1. The van der Waals surface area contributed by atoms with Crippen LogP contribution in [-0.4, -0.2) is 11.0 Å². The van der Waals surface area contributed by atoms with Gasteiger partial charge in [-0.05, 0) is 42.2 Å². The summed E-state index contributed by atoms with van der Waals surface area (Å²) >= 11 is 0. The zero-order valence-electron chi connectivity index (χ0n) is 10.5. The van der Waals surface area contributed by atoms with Gasteiger partial charge >= 0.3 is 0 Å². The lowest BCUT2D eigenvalue weighted by atomic mass is 9.93. The zero-order chi connectivity index (χ0) is 13.2. The van der Waals surface area contributed by atoms with Crippen LogP contribution in [0, 0.1) is 0 Å². The lowest BCUT2D eigenvalue weighted by Gasteiger charge is -2.13. The Morgan fingerprint density at radius 1 is 1.05 bits per heavy atom. The average molecular weight is 253 g/mol. The molecule has 1 aliphatic heterocycles. The number of para-hydroxylation sites is 1. The number of aryl methyl sites for hydroxylation is 1. The van der Waals surface area contributed by atoms with Gasteiger partial charge in [0.25, 0.3) is 0 Å². The van der Waals surface area contributed by atoms with Gasteiger partial charge in [-0.25, -0.2) is 0 Å². The Morgan fingerprint density at radius 2 is 1.79 bits per heavy atom. The minimum absolute atomic E-state index is 0.0237. The Hall–Kier alpha value is -2.29. The molecule has 0 fully saturated rings. The summed E-state index contributed by atoms with van der Waals surface area (Å²) in [5, 5.41) is 12.3. The third-order valence-electron chi connectivity index (χ3n) is 3.59. The summed E-state index contributed by atoms with van der Waals surface area (Å²) in [6.07, 6.45) is 1.66. The highest BCUT2D eigenvalue weighted by Crippen LogP contribution is 2.30. The molecule has 1 amide bonds. The predicted octanol–water partition coefficient (Wildman–Crippen LogP) is 3.06. The first kappa shape index (κ1) is 11.8. The highest BCUT2D eigenvalue weighted by atomic mass is 16.3. The third-order valence-corrected chi connectivity index (χ3v) is 3.59. The maximum atomic E-state index is 12.3. The van der Waals surface area contributed by atoms with Gasteiger partial charge in [0, 0.05) is 5.69 Å². The second-order valence-corrected chi connectivity index (χ2v) is 4.83. The van der Waals surface area contributed by atoms with E-state index in [1.54, 1.807) is 12.1 Å². The van der Waals surface area contributed by atoms with E-state index in [9.17, 15) is 9.90 Å². The molecule has 0 radical (unpaired) electrons. The predicted molar refractivity (Wildman–Crippen MR) is 74.2 cm³/mol. The van der Waals surface area contributed by atoms with Crippen LogP contribution in [-0.2, 0) is 11.2 Å². The molecule has 1 heterocycles. The molecule has 3 heteroatoms. The molecule has 0 aromatic heterocycles. The van der Waals surface area contributed by atoms with Crippen molar-refractivity contribution < 1.29 is 9.90 Å². The van der Waals surface area contributed by atoms with E-state index in [-0.39, 0.29) is 17.6 Å². The van der Waals surface area contributed by atoms with E-state index in [0.717, 1.165) is 24.1 Å². The summed E-state index contributed by atoms with van der Waals surface area (Å²) in [4.78, 5) is 12.3. The highest BCUT2D eigenvalue weighted by Gasteiger charge is 2.24. The molecule has 19 heavy (non-hydrogen) atoms. The molecule has 0 aliphatic carbocycles. The molecule has 0 spiro atoms. The van der Waals surface area contributed by atoms with Crippen LogP contribution in [0.3, 0.4) is 0 Å². The van der Waals surface area contributed by atoms with Crippen LogP contribution in [0.2, 0.25) is 0 Å². The molecule has 3 nitrogen and oxygen atoms in total. The second-order valence-electron chi connectivity index (χ2n) is 4.83. The number of hydrogen-bond acceptors (Lipinski definition) is 2. The average Bonchev–Trinajstić information content (AvgIpc) is 2.58. The number of phenolic OH excluding ortho intramolecular Hbond substituents is 1. The molecule has 2 N–H and O–H groups in total. The first-order valence-corrected chi connectivity index (χ1v) is 6.42. The summed E-state index contributed by atoms with van der Waals surface area (Å²) in [6.45, 7) is 0. The van der Waals surface area contributed by atoms with Crippen LogP contribution >= 0.6 is 0 Å². The van der Waals surface area contributed by atoms with Crippen LogP contribution in [0.1, 0.15) is 23.5 Å². The van der Waals surface area contributed by atoms with Crippen molar-refractivity contribution in [2.45, 2.75) is 18.8 Å². The Labute approximate surface area is 111 Å². The minimum Gasteiger partial charge on any atom is -0.508 e. The van der Waals surface area contributed by atoms with E-state index < -0.39 is 0 Å². The van der Waals surface area contributed by atoms with Crippen molar-refractivity contribution in [2.75, 3.05) is 5.32 Å². The quantitative estimate of drug-likeness (QED) is 0.820. The molecule has 0 saturated carbocycles. The van der Waals surface area contributed by atoms with Gasteiger partial charge in [0.1, 0.15) is 5.75 Å². The molecule has 3 rings (SSSR count). The van der Waals surface area contributed by atoms with Crippen LogP contribution in [0.4, 0.5) is 5.69 Å². The normalized spacial score (nSPS) is 18.3. The van der Waals surface area contributed by atoms with Crippen molar-refractivity contribution in [2.24, 2.45) is 0 Å². The van der Waals surface area contributed by atoms with Gasteiger partial charge in [-0.1, -0.05) is 30.3 Å². The Morgan fingerprint density at radius 3 is 2.58 bits per heavy atom. The molecule has 2 aromatic rings. The van der Waals surface area contributed by atoms with Gasteiger partial charge in [-0.15, -0.1) is 0 Å². The number of nitrogens with one attached hydrogen (secondary N) is 1. The molecule has 1 atom stereocenters. The van der Waals surface area contributed by atoms with E-state index in [1.165, 1.54) is 5.56 Å². The number of benzene rings is 2. The lowest BCUT2D eigenvalue weighted by molar-refractivity contribution is -0.117. The van der Waals surface area contributed by atoms with Crippen molar-refractivity contribution >= 4 is 11.6 Å². The second kappa shape index (κ2) is 4.76. The molecular weight excluding hydrogens is 238 g/mol. The SMILES string of the molecule is O=C1Nc2ccccc2CC[C@H]1c1ccc(O)cc1. The maximum absolute atomic E-state index is 12.3. The molecule has 96 valence electrons. The summed E-state index contributed by atoms with van der Waals surface area (Å²) in [5.41, 5.74) is 3.04. The Bertz CT molecular complexity index is 604. The summed E-state index contributed by atoms with van der Waals surface area (Å²) < 4.78 is 0. The molecular formula is C16H15NO2. The number of rotatable bonds is 1. The molecule has 0 saturated heterocycles. The Kier molecular flexibility index (Phi) is 2.95. The smallest absolute Gasteiger partial charge is 0.231 e. The highest BCUT2D eigenvalue weighted by molar-refractivity contribution is 5.97. The van der Waals surface area contributed by atoms with Gasteiger partial charge in [0.05, 0.1) is 5.92 Å². The largest absolute Gasteiger partial charge is 0.508 e. The van der Waals surface area contributed by atoms with E-state index in [1.807, 2.05) is 30.3 Å². The van der Waals surface area contributed by atoms with Crippen LogP contribution in [0.25, 0.3) is 0 Å². The van der Waals surface area contributed by atoms with Gasteiger partial charge in [0.2, 0.25) is 5.91 Å². The van der Waals surface area contributed by atoms with Crippen molar-refractivity contribution in [1.29, 1.82) is 0 Å². The van der Waals surface area contributed by atoms with Gasteiger partial charge in [0.15, 0.2) is 0 Å². The zero-order valence-corrected chi connectivity index (χ0v) is 10.5. The molecule has 0 unspecified atom stereocenters. The molecule has 0 bridgehead atoms. The maximum Gasteiger partial charge on any atom is 0.231 e. The first-order chi connectivity index (χ1) is 9.24. The van der Waals surface area contributed by atoms with Crippen molar-refractivity contribution in [3.8, 4) is 5.75 Å². The van der Waals surface area contributed by atoms with Gasteiger partial charge in [-0.2, -0.15) is 0 Å². The van der Waals surface area contributed by atoms with Crippen LogP contribution in [0.15, 0.2) is 48.5 Å². The van der Waals surface area contributed by atoms with E-state index >= 15 is 0 Å². The van der Waals surface area contributed by atoms with E-state index in [0.29, 0.717) is 0 Å². The fourth-order valence-electron chi connectivity index (χ4n) is 2.54. The topological polar surface area (TPSA) is 49.3 Å². The van der Waals surface area contributed by atoms with Crippen molar-refractivity contribution in [3.05, 3.63) is 59.7 Å². The lowest BCUT2D eigenvalue weighted by Crippen LogP contribution is -2.19. The number of carbonyl (C=O) groups excluding carboxylic acids is 1. The molecule has 2 aromatic carbocycles. The summed E-state index contributed by atoms with van der Waals surface area (Å²) in [5.74, 6) is 0.0877. The number of aromatic hydroxyl groups is 1. The standard InChI is InChI=1S/C16H15NO2/c18-13-8-5-11(6-9-13)14-10-7-12-3-1-2-4-15(12)17-16(14)19/h1-6,8-9,14,18H,7,10H2,(H,17,19)/t14-/m0/s1. The number of amides is 1. The number of hydrogen-bond donors (Lipinski definition) is 2. The number of phenols is 1. The van der Waals surface area contributed by atoms with Gasteiger partial charge in [-0.3, -0.25) is 4.79 Å². The minimum atomic E-state index is -0.159. The van der Waals surface area contributed by atoms with Crippen molar-refractivity contribution in [3.63, 3.8) is 0 Å². The van der Waals surface area contributed by atoms with E-state index in [4.69, 9.17) is 0 Å². The fourth-order valence-corrected chi connectivity index (χ4v) is 2.54. The fraction of sp³-hybridized carbons (Fsp3) is 0.188. The van der Waals surface area contributed by atoms with Crippen LogP contribution < -0.4 is 5.32 Å². The number of carbonyl (C=O) groups is 1. The summed E-state index contributed by atoms with van der Waals surface area (Å²) in [6, 6.07) is 14.8. The van der Waals surface area contributed by atoms with Gasteiger partial charge < -0.3 is 10.4 Å². The third kappa shape index (κ3) is 2.32. The monoisotopic (exact) mass is 253 g/mol. The first-order valence-electron chi connectivity index (χ1n) is 6.42. The Balaban J connectivity index is 1.90. The van der Waals surface area contributed by atoms with Crippen LogP contribution in [0.5, 0.6) is 5.75 Å².